The molecule has 0 aromatic carbocycles. The van der Waals surface area contributed by atoms with Crippen LogP contribution in [0.25, 0.3) is 5.82 Å². The third kappa shape index (κ3) is 1.84. The minimum atomic E-state index is -1.07. The molecule has 17 heavy (non-hydrogen) atoms. The van der Waals surface area contributed by atoms with Crippen LogP contribution in [0, 0.1) is 0 Å². The van der Waals surface area contributed by atoms with Crippen molar-refractivity contribution in [1.29, 1.82) is 0 Å². The van der Waals surface area contributed by atoms with E-state index in [-0.39, 0.29) is 11.3 Å². The fraction of sp³-hybridized carbons (Fsp3) is 0.182. The lowest BCUT2D eigenvalue weighted by atomic mass is 10.2. The van der Waals surface area contributed by atoms with Crippen LogP contribution < -0.4 is 5.73 Å². The maximum atomic E-state index is 11.0. The number of nitrogens with zero attached hydrogens (tertiary/aromatic N) is 3. The molecule has 2 aromatic rings. The first-order valence-electron chi connectivity index (χ1n) is 5.15. The third-order valence-corrected chi connectivity index (χ3v) is 2.46. The van der Waals surface area contributed by atoms with Crippen LogP contribution in [0.4, 0.5) is 5.69 Å². The fourth-order valence-corrected chi connectivity index (χ4v) is 1.63. The van der Waals surface area contributed by atoms with Gasteiger partial charge >= 0.3 is 5.97 Å². The SMILES string of the molecule is CCc1nccn1-c1nccc(C(=O)O)c1N. The van der Waals surface area contributed by atoms with Gasteiger partial charge in [-0.3, -0.25) is 4.57 Å². The van der Waals surface area contributed by atoms with E-state index in [0.717, 1.165) is 5.82 Å². The van der Waals surface area contributed by atoms with Gasteiger partial charge in [0.05, 0.1) is 11.3 Å². The van der Waals surface area contributed by atoms with E-state index in [1.807, 2.05) is 6.92 Å². The molecule has 88 valence electrons. The molecule has 0 aliphatic carbocycles. The molecule has 0 fully saturated rings. The lowest BCUT2D eigenvalue weighted by Gasteiger charge is -2.09. The first kappa shape index (κ1) is 11.1. The molecule has 0 spiro atoms. The average Bonchev–Trinajstić information content (AvgIpc) is 2.76. The summed E-state index contributed by atoms with van der Waals surface area (Å²) in [6.45, 7) is 1.95. The number of nitrogen functional groups attached to an aromatic ring is 1. The van der Waals surface area contributed by atoms with Crippen LogP contribution in [0.2, 0.25) is 0 Å². The molecule has 6 heteroatoms. The fourth-order valence-electron chi connectivity index (χ4n) is 1.63. The number of carbonyl (C=O) groups is 1. The number of pyridine rings is 1. The van der Waals surface area contributed by atoms with Gasteiger partial charge in [0.2, 0.25) is 0 Å². The van der Waals surface area contributed by atoms with Gasteiger partial charge < -0.3 is 10.8 Å². The minimum absolute atomic E-state index is 0.0470. The highest BCUT2D eigenvalue weighted by molar-refractivity contribution is 5.95. The molecule has 0 saturated heterocycles. The minimum Gasteiger partial charge on any atom is -0.478 e. The molecule has 6 nitrogen and oxygen atoms in total. The highest BCUT2D eigenvalue weighted by Crippen LogP contribution is 2.20. The number of carboxylic acids is 1. The summed E-state index contributed by atoms with van der Waals surface area (Å²) in [6, 6.07) is 1.38. The number of imidazole rings is 1. The van der Waals surface area contributed by atoms with Crippen molar-refractivity contribution in [2.24, 2.45) is 0 Å². The first-order valence-corrected chi connectivity index (χ1v) is 5.15. The Bertz CT molecular complexity index is 562. The summed E-state index contributed by atoms with van der Waals surface area (Å²) in [5.74, 6) is 0.121. The third-order valence-electron chi connectivity index (χ3n) is 2.46. The number of aromatic carboxylic acids is 1. The van der Waals surface area contributed by atoms with Crippen LogP contribution in [0.1, 0.15) is 23.1 Å². The Morgan fingerprint density at radius 1 is 1.47 bits per heavy atom. The molecule has 0 unspecified atom stereocenters. The van der Waals surface area contributed by atoms with Gasteiger partial charge in [-0.25, -0.2) is 14.8 Å². The van der Waals surface area contributed by atoms with Crippen molar-refractivity contribution in [3.63, 3.8) is 0 Å². The molecule has 0 amide bonds. The molecule has 0 atom stereocenters. The Kier molecular flexibility index (Phi) is 2.78. The summed E-state index contributed by atoms with van der Waals surface area (Å²) < 4.78 is 1.70. The molecule has 2 rings (SSSR count). The normalized spacial score (nSPS) is 10.4. The van der Waals surface area contributed by atoms with Crippen molar-refractivity contribution in [2.45, 2.75) is 13.3 Å². The van der Waals surface area contributed by atoms with Crippen molar-refractivity contribution in [3.8, 4) is 5.82 Å². The van der Waals surface area contributed by atoms with Gasteiger partial charge in [-0.15, -0.1) is 0 Å². The average molecular weight is 232 g/mol. The zero-order valence-electron chi connectivity index (χ0n) is 9.29. The van der Waals surface area contributed by atoms with E-state index in [1.165, 1.54) is 12.3 Å². The van der Waals surface area contributed by atoms with Crippen LogP contribution in [0.15, 0.2) is 24.7 Å². The molecule has 0 aliphatic heterocycles. The van der Waals surface area contributed by atoms with Gasteiger partial charge in [-0.1, -0.05) is 6.92 Å². The molecular formula is C11H12N4O2. The summed E-state index contributed by atoms with van der Waals surface area (Å²) in [6.07, 6.45) is 5.48. The zero-order valence-corrected chi connectivity index (χ0v) is 9.29. The topological polar surface area (TPSA) is 94.0 Å². The van der Waals surface area contributed by atoms with Gasteiger partial charge in [0, 0.05) is 25.0 Å². The molecule has 0 aliphatic rings. The summed E-state index contributed by atoms with van der Waals surface area (Å²) in [5, 5.41) is 8.98. The van der Waals surface area contributed by atoms with Gasteiger partial charge in [-0.05, 0) is 6.07 Å². The van der Waals surface area contributed by atoms with Crippen molar-refractivity contribution in [1.82, 2.24) is 14.5 Å². The number of carboxylic acid groups (broad SMARTS) is 1. The van der Waals surface area contributed by atoms with Crippen LogP contribution in [0.3, 0.4) is 0 Å². The standard InChI is InChI=1S/C11H12N4O2/c1-2-8-13-5-6-15(8)10-9(12)7(11(16)17)3-4-14-10/h3-6H,2,12H2,1H3,(H,16,17). The van der Waals surface area contributed by atoms with Crippen molar-refractivity contribution in [2.75, 3.05) is 5.73 Å². The number of hydrogen-bond acceptors (Lipinski definition) is 4. The lowest BCUT2D eigenvalue weighted by Crippen LogP contribution is -2.10. The van der Waals surface area contributed by atoms with Gasteiger partial charge in [-0.2, -0.15) is 0 Å². The summed E-state index contributed by atoms with van der Waals surface area (Å²) >= 11 is 0. The second-order valence-electron chi connectivity index (χ2n) is 3.47. The van der Waals surface area contributed by atoms with Crippen molar-refractivity contribution in [3.05, 3.63) is 36.0 Å². The van der Waals surface area contributed by atoms with Crippen molar-refractivity contribution < 1.29 is 9.90 Å². The maximum Gasteiger partial charge on any atom is 0.337 e. The van der Waals surface area contributed by atoms with Gasteiger partial charge in [0.1, 0.15) is 5.82 Å². The van der Waals surface area contributed by atoms with E-state index in [2.05, 4.69) is 9.97 Å². The Hall–Kier alpha value is -2.37. The molecule has 3 N–H and O–H groups in total. The molecular weight excluding hydrogens is 220 g/mol. The zero-order chi connectivity index (χ0) is 12.4. The van der Waals surface area contributed by atoms with E-state index in [1.54, 1.807) is 17.0 Å². The Labute approximate surface area is 97.7 Å². The number of aryl methyl sites for hydroxylation is 1. The number of aromatic nitrogens is 3. The van der Waals surface area contributed by atoms with Crippen LogP contribution in [-0.2, 0) is 6.42 Å². The van der Waals surface area contributed by atoms with Crippen LogP contribution in [-0.4, -0.2) is 25.6 Å². The number of nitrogens with two attached hydrogens (primary N) is 1. The molecule has 0 saturated carbocycles. The Morgan fingerprint density at radius 3 is 2.88 bits per heavy atom. The predicted octanol–water partition coefficient (Wildman–Crippen LogP) is 1.11. The Balaban J connectivity index is 2.60. The summed E-state index contributed by atoms with van der Waals surface area (Å²) in [4.78, 5) is 19.2. The van der Waals surface area contributed by atoms with E-state index >= 15 is 0 Å². The quantitative estimate of drug-likeness (QED) is 0.826. The molecule has 2 heterocycles. The van der Waals surface area contributed by atoms with Crippen LogP contribution in [0.5, 0.6) is 0 Å². The predicted molar refractivity (Wildman–Crippen MR) is 62.1 cm³/mol. The van der Waals surface area contributed by atoms with E-state index < -0.39 is 5.97 Å². The Morgan fingerprint density at radius 2 is 2.24 bits per heavy atom. The number of rotatable bonds is 3. The highest BCUT2D eigenvalue weighted by Gasteiger charge is 2.14. The molecule has 2 aromatic heterocycles. The number of hydrogen-bond donors (Lipinski definition) is 2. The summed E-state index contributed by atoms with van der Waals surface area (Å²) in [7, 11) is 0. The molecule has 0 radical (unpaired) electrons. The van der Waals surface area contributed by atoms with E-state index in [9.17, 15) is 4.79 Å². The van der Waals surface area contributed by atoms with Crippen molar-refractivity contribution >= 4 is 11.7 Å². The maximum absolute atomic E-state index is 11.0. The summed E-state index contributed by atoms with van der Waals surface area (Å²) in [5.41, 5.74) is 6.00. The van der Waals surface area contributed by atoms with E-state index in [0.29, 0.717) is 12.2 Å². The van der Waals surface area contributed by atoms with Crippen LogP contribution >= 0.6 is 0 Å². The van der Waals surface area contributed by atoms with Gasteiger partial charge in [0.15, 0.2) is 5.82 Å². The smallest absolute Gasteiger partial charge is 0.337 e. The monoisotopic (exact) mass is 232 g/mol. The second-order valence-corrected chi connectivity index (χ2v) is 3.47. The highest BCUT2D eigenvalue weighted by atomic mass is 16.4. The number of anilines is 1. The molecule has 0 bridgehead atoms. The first-order chi connectivity index (χ1) is 8.15. The van der Waals surface area contributed by atoms with Gasteiger partial charge in [0.25, 0.3) is 0 Å². The largest absolute Gasteiger partial charge is 0.478 e. The second kappa shape index (κ2) is 4.25. The lowest BCUT2D eigenvalue weighted by molar-refractivity contribution is 0.0698. The van der Waals surface area contributed by atoms with E-state index in [4.69, 9.17) is 10.8 Å².